The standard InChI is InChI=1S/C30H28Cl2O5Si2/c1-38(2,27-17-5-21(6-18-27)29(33)35-25-13-9-23(31)10-14-25)37-39(3,4)28-19-7-22(8-20-28)30(34)36-26-15-11-24(32)12-16-26/h5-20H,1-4H3. The quantitative estimate of drug-likeness (QED) is 0.125. The van der Waals surface area contributed by atoms with Crippen LogP contribution in [0.15, 0.2) is 97.1 Å². The first-order valence-corrected chi connectivity index (χ1v) is 18.9. The second-order valence-corrected chi connectivity index (χ2v) is 18.8. The molecule has 4 rings (SSSR count). The van der Waals surface area contributed by atoms with Gasteiger partial charge >= 0.3 is 11.9 Å². The van der Waals surface area contributed by atoms with E-state index in [4.69, 9.17) is 36.8 Å². The first-order chi connectivity index (χ1) is 18.4. The van der Waals surface area contributed by atoms with Crippen LogP contribution >= 0.6 is 23.2 Å². The molecule has 0 atom stereocenters. The number of hydrogen-bond acceptors (Lipinski definition) is 5. The van der Waals surface area contributed by atoms with Gasteiger partial charge in [0.25, 0.3) is 0 Å². The van der Waals surface area contributed by atoms with Crippen LogP contribution in [0.1, 0.15) is 20.7 Å². The minimum Gasteiger partial charge on any atom is -0.449 e. The highest BCUT2D eigenvalue weighted by molar-refractivity contribution is 6.96. The fourth-order valence-electron chi connectivity index (χ4n) is 4.11. The lowest BCUT2D eigenvalue weighted by atomic mass is 10.2. The molecule has 0 fully saturated rings. The van der Waals surface area contributed by atoms with E-state index in [-0.39, 0.29) is 0 Å². The average Bonchev–Trinajstić information content (AvgIpc) is 2.91. The molecule has 9 heteroatoms. The second-order valence-electron chi connectivity index (χ2n) is 9.96. The van der Waals surface area contributed by atoms with Crippen molar-refractivity contribution in [1.29, 1.82) is 0 Å². The monoisotopic (exact) mass is 594 g/mol. The number of rotatable bonds is 8. The second kappa shape index (κ2) is 11.9. The SMILES string of the molecule is C[Si](C)(O[Si](C)(C)c1ccc(C(=O)Oc2ccc(Cl)cc2)cc1)c1ccc(C(=O)Oc2ccc(Cl)cc2)cc1. The minimum atomic E-state index is -2.33. The molecular weight excluding hydrogens is 567 g/mol. The zero-order valence-electron chi connectivity index (χ0n) is 22.0. The number of ether oxygens (including phenoxy) is 2. The number of halogens is 2. The molecular formula is C30H28Cl2O5Si2. The molecule has 0 aliphatic rings. The summed E-state index contributed by atoms with van der Waals surface area (Å²) >= 11 is 11.8. The van der Waals surface area contributed by atoms with E-state index in [1.807, 2.05) is 24.3 Å². The van der Waals surface area contributed by atoms with Crippen LogP contribution in [-0.4, -0.2) is 28.6 Å². The number of benzene rings is 4. The van der Waals surface area contributed by atoms with Crippen molar-refractivity contribution in [2.75, 3.05) is 0 Å². The molecule has 0 heterocycles. The highest BCUT2D eigenvalue weighted by atomic mass is 35.5. The summed E-state index contributed by atoms with van der Waals surface area (Å²) < 4.78 is 17.7. The predicted molar refractivity (Wildman–Crippen MR) is 161 cm³/mol. The smallest absolute Gasteiger partial charge is 0.343 e. The van der Waals surface area contributed by atoms with Crippen molar-refractivity contribution in [3.05, 3.63) is 118 Å². The van der Waals surface area contributed by atoms with Crippen LogP contribution in [0.3, 0.4) is 0 Å². The first kappa shape index (κ1) is 28.8. The zero-order valence-corrected chi connectivity index (χ0v) is 25.5. The summed E-state index contributed by atoms with van der Waals surface area (Å²) in [7, 11) is -4.67. The molecule has 0 spiro atoms. The van der Waals surface area contributed by atoms with Gasteiger partial charge in [0.05, 0.1) is 11.1 Å². The van der Waals surface area contributed by atoms with Crippen LogP contribution < -0.4 is 19.8 Å². The molecule has 0 amide bonds. The van der Waals surface area contributed by atoms with E-state index < -0.39 is 28.6 Å². The Bertz CT molecular complexity index is 1340. The zero-order chi connectivity index (χ0) is 28.2. The van der Waals surface area contributed by atoms with Crippen molar-refractivity contribution >= 4 is 62.1 Å². The van der Waals surface area contributed by atoms with Gasteiger partial charge in [0.2, 0.25) is 16.6 Å². The molecule has 200 valence electrons. The summed E-state index contributed by atoms with van der Waals surface area (Å²) in [5, 5.41) is 3.28. The Balaban J connectivity index is 1.41. The lowest BCUT2D eigenvalue weighted by Crippen LogP contribution is -2.57. The molecule has 0 aliphatic heterocycles. The fraction of sp³-hybridized carbons (Fsp3) is 0.133. The van der Waals surface area contributed by atoms with Crippen molar-refractivity contribution in [2.24, 2.45) is 0 Å². The highest BCUT2D eigenvalue weighted by Gasteiger charge is 2.36. The molecule has 0 radical (unpaired) electrons. The maximum Gasteiger partial charge on any atom is 0.343 e. The van der Waals surface area contributed by atoms with Crippen LogP contribution in [0, 0.1) is 0 Å². The summed E-state index contributed by atoms with van der Waals surface area (Å²) in [5.74, 6) is -0.00524. The lowest BCUT2D eigenvalue weighted by Gasteiger charge is -2.34. The van der Waals surface area contributed by atoms with Gasteiger partial charge in [0.1, 0.15) is 11.5 Å². The number of carbonyl (C=O) groups is 2. The van der Waals surface area contributed by atoms with Crippen LogP contribution in [0.4, 0.5) is 0 Å². The van der Waals surface area contributed by atoms with Gasteiger partial charge in [-0.2, -0.15) is 0 Å². The molecule has 4 aromatic carbocycles. The molecule has 0 saturated heterocycles. The van der Waals surface area contributed by atoms with E-state index in [0.29, 0.717) is 32.7 Å². The van der Waals surface area contributed by atoms with Crippen molar-refractivity contribution in [3.8, 4) is 11.5 Å². The van der Waals surface area contributed by atoms with Crippen LogP contribution in [0.5, 0.6) is 11.5 Å². The average molecular weight is 596 g/mol. The minimum absolute atomic E-state index is 0.434. The number of esters is 2. The van der Waals surface area contributed by atoms with E-state index >= 15 is 0 Å². The molecule has 0 unspecified atom stereocenters. The van der Waals surface area contributed by atoms with E-state index in [1.54, 1.807) is 72.8 Å². The maximum atomic E-state index is 12.6. The first-order valence-electron chi connectivity index (χ1n) is 12.3. The Morgan fingerprint density at radius 1 is 0.513 bits per heavy atom. The molecule has 0 aliphatic carbocycles. The third-order valence-electron chi connectivity index (χ3n) is 6.19. The summed E-state index contributed by atoms with van der Waals surface area (Å²) in [5.41, 5.74) is 0.909. The Morgan fingerprint density at radius 2 is 0.821 bits per heavy atom. The van der Waals surface area contributed by atoms with Gasteiger partial charge in [-0.05, 0) is 109 Å². The van der Waals surface area contributed by atoms with Crippen LogP contribution in [0.2, 0.25) is 36.2 Å². The third kappa shape index (κ3) is 7.47. The lowest BCUT2D eigenvalue weighted by molar-refractivity contribution is 0.0725. The van der Waals surface area contributed by atoms with Crippen LogP contribution in [0.25, 0.3) is 0 Å². The van der Waals surface area contributed by atoms with Gasteiger partial charge in [-0.15, -0.1) is 0 Å². The Hall–Kier alpha value is -3.21. The van der Waals surface area contributed by atoms with E-state index in [2.05, 4.69) is 26.2 Å². The maximum absolute atomic E-state index is 12.6. The molecule has 0 saturated carbocycles. The molecule has 39 heavy (non-hydrogen) atoms. The molecule has 5 nitrogen and oxygen atoms in total. The number of hydrogen-bond donors (Lipinski definition) is 0. The van der Waals surface area contributed by atoms with E-state index in [1.165, 1.54) is 0 Å². The Labute approximate surface area is 240 Å². The van der Waals surface area contributed by atoms with E-state index in [9.17, 15) is 9.59 Å². The van der Waals surface area contributed by atoms with Gasteiger partial charge in [-0.25, -0.2) is 9.59 Å². The summed E-state index contributed by atoms with van der Waals surface area (Å²) in [6.45, 7) is 8.56. The van der Waals surface area contributed by atoms with Crippen LogP contribution in [-0.2, 0) is 4.12 Å². The topological polar surface area (TPSA) is 61.8 Å². The van der Waals surface area contributed by atoms with Crippen molar-refractivity contribution in [2.45, 2.75) is 26.2 Å². The predicted octanol–water partition coefficient (Wildman–Crippen LogP) is 6.97. The summed E-state index contributed by atoms with van der Waals surface area (Å²) in [6.07, 6.45) is 0. The largest absolute Gasteiger partial charge is 0.449 e. The van der Waals surface area contributed by atoms with Crippen molar-refractivity contribution in [3.63, 3.8) is 0 Å². The molecule has 0 bridgehead atoms. The molecule has 4 aromatic rings. The normalized spacial score (nSPS) is 11.6. The van der Waals surface area contributed by atoms with Crippen molar-refractivity contribution in [1.82, 2.24) is 0 Å². The summed E-state index contributed by atoms with van der Waals surface area (Å²) in [6, 6.07) is 28.1. The van der Waals surface area contributed by atoms with E-state index in [0.717, 1.165) is 10.4 Å². The summed E-state index contributed by atoms with van der Waals surface area (Å²) in [4.78, 5) is 25.1. The third-order valence-corrected chi connectivity index (χ3v) is 14.2. The Morgan fingerprint density at radius 3 is 1.13 bits per heavy atom. The van der Waals surface area contributed by atoms with Gasteiger partial charge < -0.3 is 13.6 Å². The fourth-order valence-corrected chi connectivity index (χ4v) is 12.3. The van der Waals surface area contributed by atoms with Crippen molar-refractivity contribution < 1.29 is 23.2 Å². The van der Waals surface area contributed by atoms with Gasteiger partial charge in [-0.3, -0.25) is 0 Å². The van der Waals surface area contributed by atoms with Gasteiger partial charge in [-0.1, -0.05) is 47.5 Å². The van der Waals surface area contributed by atoms with Gasteiger partial charge in [0, 0.05) is 10.0 Å². The van der Waals surface area contributed by atoms with Gasteiger partial charge in [0.15, 0.2) is 0 Å². The molecule has 0 N–H and O–H groups in total. The number of carbonyl (C=O) groups excluding carboxylic acids is 2. The highest BCUT2D eigenvalue weighted by Crippen LogP contribution is 2.20. The Kier molecular flexibility index (Phi) is 8.78. The molecule has 0 aromatic heterocycles.